The summed E-state index contributed by atoms with van der Waals surface area (Å²) in [6.45, 7) is 9.27. The molecule has 0 N–H and O–H groups in total. The van der Waals surface area contributed by atoms with Crippen LogP contribution in [0.5, 0.6) is 0 Å². The van der Waals surface area contributed by atoms with Gasteiger partial charge in [-0.25, -0.2) is 4.79 Å². The second-order valence-electron chi connectivity index (χ2n) is 6.09. The molecular weight excluding hydrogens is 290 g/mol. The predicted molar refractivity (Wildman–Crippen MR) is 76.9 cm³/mol. The normalized spacial score (nSPS) is 15.5. The fourth-order valence-corrected chi connectivity index (χ4v) is 1.51. The maximum Gasteiger partial charge on any atom is 0.345 e. The SMILES string of the molecule is CC1=CC(=O)N(CCCC(=O)OOOC(C)(C)C(C)C)C1=O. The fourth-order valence-electron chi connectivity index (χ4n) is 1.51. The van der Waals surface area contributed by atoms with Gasteiger partial charge in [-0.3, -0.25) is 19.4 Å². The van der Waals surface area contributed by atoms with Gasteiger partial charge in [-0.1, -0.05) is 13.8 Å². The van der Waals surface area contributed by atoms with Gasteiger partial charge in [0.1, 0.15) is 5.60 Å². The van der Waals surface area contributed by atoms with E-state index in [1.807, 2.05) is 27.7 Å². The molecule has 0 aromatic rings. The molecule has 0 fully saturated rings. The highest BCUT2D eigenvalue weighted by atomic mass is 17.5. The lowest BCUT2D eigenvalue weighted by Gasteiger charge is -2.25. The third-order valence-corrected chi connectivity index (χ3v) is 3.72. The third kappa shape index (κ3) is 4.92. The van der Waals surface area contributed by atoms with E-state index in [1.165, 1.54) is 6.08 Å². The van der Waals surface area contributed by atoms with Gasteiger partial charge in [0.2, 0.25) is 0 Å². The van der Waals surface area contributed by atoms with Crippen molar-refractivity contribution >= 4 is 17.8 Å². The van der Waals surface area contributed by atoms with E-state index in [9.17, 15) is 14.4 Å². The standard InChI is InChI=1S/C15H23NO6/c1-10(2)15(4,5)21-22-20-13(18)7-6-8-16-12(17)9-11(3)14(16)19/h9-10H,6-8H2,1-5H3. The van der Waals surface area contributed by atoms with E-state index in [1.54, 1.807) is 6.92 Å². The largest absolute Gasteiger partial charge is 0.345 e. The molecule has 0 atom stereocenters. The molecule has 2 amide bonds. The van der Waals surface area contributed by atoms with E-state index in [4.69, 9.17) is 4.89 Å². The van der Waals surface area contributed by atoms with Gasteiger partial charge in [0.25, 0.3) is 11.8 Å². The first-order chi connectivity index (χ1) is 10.1. The van der Waals surface area contributed by atoms with Crippen LogP contribution < -0.4 is 0 Å². The number of carbonyl (C=O) groups is 3. The molecular formula is C15H23NO6. The lowest BCUT2D eigenvalue weighted by atomic mass is 9.95. The zero-order chi connectivity index (χ0) is 16.9. The first-order valence-electron chi connectivity index (χ1n) is 7.24. The number of hydrogen-bond donors (Lipinski definition) is 0. The van der Waals surface area contributed by atoms with Crippen LogP contribution >= 0.6 is 0 Å². The van der Waals surface area contributed by atoms with Gasteiger partial charge in [-0.05, 0) is 38.1 Å². The molecule has 7 heteroatoms. The average molecular weight is 313 g/mol. The van der Waals surface area contributed by atoms with Crippen LogP contribution in [-0.4, -0.2) is 34.8 Å². The molecule has 1 aliphatic rings. The average Bonchev–Trinajstić information content (AvgIpc) is 2.64. The number of imide groups is 1. The zero-order valence-electron chi connectivity index (χ0n) is 13.7. The van der Waals surface area contributed by atoms with Crippen molar-refractivity contribution in [2.24, 2.45) is 5.92 Å². The molecule has 1 heterocycles. The lowest BCUT2D eigenvalue weighted by molar-refractivity contribution is -0.520. The Kier molecular flexibility index (Phi) is 6.25. The Bertz CT molecular complexity index is 480. The van der Waals surface area contributed by atoms with Gasteiger partial charge in [0.05, 0.1) is 6.42 Å². The predicted octanol–water partition coefficient (Wildman–Crippen LogP) is 1.92. The van der Waals surface area contributed by atoms with Gasteiger partial charge in [-0.2, -0.15) is 4.89 Å². The van der Waals surface area contributed by atoms with Crippen LogP contribution in [-0.2, 0) is 29.2 Å². The summed E-state index contributed by atoms with van der Waals surface area (Å²) in [6.07, 6.45) is 1.60. The molecule has 0 saturated carbocycles. The molecule has 1 rings (SSSR count). The first kappa shape index (κ1) is 18.3. The molecule has 0 saturated heterocycles. The quantitative estimate of drug-likeness (QED) is 0.387. The topological polar surface area (TPSA) is 82.1 Å². The van der Waals surface area contributed by atoms with E-state index >= 15 is 0 Å². The minimum Gasteiger partial charge on any atom is -0.275 e. The van der Waals surface area contributed by atoms with Crippen LogP contribution in [0.3, 0.4) is 0 Å². The molecule has 1 aliphatic heterocycles. The van der Waals surface area contributed by atoms with Crippen LogP contribution in [0.25, 0.3) is 0 Å². The van der Waals surface area contributed by atoms with Crippen LogP contribution in [0.1, 0.15) is 47.5 Å². The summed E-state index contributed by atoms with van der Waals surface area (Å²) in [5.41, 5.74) is -0.182. The van der Waals surface area contributed by atoms with E-state index in [2.05, 4.69) is 9.93 Å². The summed E-state index contributed by atoms with van der Waals surface area (Å²) in [4.78, 5) is 45.2. The third-order valence-electron chi connectivity index (χ3n) is 3.72. The van der Waals surface area contributed by atoms with Crippen molar-refractivity contribution < 1.29 is 29.2 Å². The number of rotatable bonds is 8. The Morgan fingerprint density at radius 1 is 1.32 bits per heavy atom. The Morgan fingerprint density at radius 2 is 1.95 bits per heavy atom. The van der Waals surface area contributed by atoms with Crippen molar-refractivity contribution in [1.82, 2.24) is 4.90 Å². The van der Waals surface area contributed by atoms with Gasteiger partial charge in [0, 0.05) is 18.2 Å². The summed E-state index contributed by atoms with van der Waals surface area (Å²) in [7, 11) is 0. The van der Waals surface area contributed by atoms with Crippen molar-refractivity contribution in [2.45, 2.75) is 53.1 Å². The van der Waals surface area contributed by atoms with Gasteiger partial charge in [0.15, 0.2) is 0 Å². The summed E-state index contributed by atoms with van der Waals surface area (Å²) in [5.74, 6) is -1.12. The highest BCUT2D eigenvalue weighted by Gasteiger charge is 2.28. The Morgan fingerprint density at radius 3 is 2.45 bits per heavy atom. The summed E-state index contributed by atoms with van der Waals surface area (Å²) in [5, 5.41) is 4.50. The fraction of sp³-hybridized carbons (Fsp3) is 0.667. The lowest BCUT2D eigenvalue weighted by Crippen LogP contribution is -2.32. The summed E-state index contributed by atoms with van der Waals surface area (Å²) in [6, 6.07) is 0. The second kappa shape index (κ2) is 7.51. The second-order valence-corrected chi connectivity index (χ2v) is 6.09. The van der Waals surface area contributed by atoms with E-state index in [0.29, 0.717) is 12.0 Å². The highest BCUT2D eigenvalue weighted by Crippen LogP contribution is 2.20. The molecule has 22 heavy (non-hydrogen) atoms. The minimum atomic E-state index is -0.622. The molecule has 124 valence electrons. The van der Waals surface area contributed by atoms with Crippen LogP contribution in [0.4, 0.5) is 0 Å². The van der Waals surface area contributed by atoms with E-state index in [0.717, 1.165) is 4.90 Å². The first-order valence-corrected chi connectivity index (χ1v) is 7.24. The van der Waals surface area contributed by atoms with Crippen LogP contribution in [0.15, 0.2) is 11.6 Å². The smallest absolute Gasteiger partial charge is 0.275 e. The van der Waals surface area contributed by atoms with E-state index in [-0.39, 0.29) is 30.7 Å². The number of hydrogen-bond acceptors (Lipinski definition) is 6. The molecule has 7 nitrogen and oxygen atoms in total. The zero-order valence-corrected chi connectivity index (χ0v) is 13.7. The Labute approximate surface area is 130 Å². The maximum atomic E-state index is 11.6. The van der Waals surface area contributed by atoms with Crippen molar-refractivity contribution in [2.75, 3.05) is 6.54 Å². The van der Waals surface area contributed by atoms with Crippen LogP contribution in [0, 0.1) is 5.92 Å². The van der Waals surface area contributed by atoms with Crippen molar-refractivity contribution in [3.05, 3.63) is 11.6 Å². The van der Waals surface area contributed by atoms with Gasteiger partial charge >= 0.3 is 5.97 Å². The molecule has 0 aliphatic carbocycles. The number of carbonyl (C=O) groups excluding carboxylic acids is 3. The van der Waals surface area contributed by atoms with Gasteiger partial charge in [-0.15, -0.1) is 0 Å². The van der Waals surface area contributed by atoms with Crippen molar-refractivity contribution in [3.8, 4) is 0 Å². The minimum absolute atomic E-state index is 0.0155. The molecule has 0 radical (unpaired) electrons. The molecule has 0 aromatic carbocycles. The van der Waals surface area contributed by atoms with E-state index < -0.39 is 11.6 Å². The van der Waals surface area contributed by atoms with Crippen molar-refractivity contribution in [1.29, 1.82) is 0 Å². The molecule has 0 bridgehead atoms. The Balaban J connectivity index is 2.22. The molecule has 0 aromatic heterocycles. The molecule has 0 spiro atoms. The summed E-state index contributed by atoms with van der Waals surface area (Å²) >= 11 is 0. The van der Waals surface area contributed by atoms with Crippen LogP contribution in [0.2, 0.25) is 0 Å². The monoisotopic (exact) mass is 313 g/mol. The van der Waals surface area contributed by atoms with Crippen molar-refractivity contribution in [3.63, 3.8) is 0 Å². The Hall–Kier alpha value is -1.73. The highest BCUT2D eigenvalue weighted by molar-refractivity contribution is 6.15. The maximum absolute atomic E-state index is 11.6. The number of nitrogens with zero attached hydrogens (tertiary/aromatic N) is 1. The number of amides is 2. The van der Waals surface area contributed by atoms with Gasteiger partial charge < -0.3 is 0 Å². The summed E-state index contributed by atoms with van der Waals surface area (Å²) < 4.78 is 0. The molecule has 0 unspecified atom stereocenters.